The number of nitrogens with one attached hydrogen (secondary N) is 1. The van der Waals surface area contributed by atoms with E-state index < -0.39 is 30.5 Å². The minimum absolute atomic E-state index is 0.0258. The van der Waals surface area contributed by atoms with E-state index in [0.717, 1.165) is 5.56 Å². The van der Waals surface area contributed by atoms with Crippen LogP contribution in [0.3, 0.4) is 0 Å². The number of benzene rings is 1. The first-order valence-electron chi connectivity index (χ1n) is 8.32. The molecule has 2 rings (SSSR count). The molecule has 1 aliphatic rings. The molecule has 1 fully saturated rings. The Bertz CT molecular complexity index is 578. The largest absolute Gasteiger partial charge is 0.463 e. The molecular formula is C18H25NO6. The summed E-state index contributed by atoms with van der Waals surface area (Å²) in [7, 11) is 0. The number of esters is 1. The highest BCUT2D eigenvalue weighted by atomic mass is 16.6. The number of ether oxygens (including phenoxy) is 3. The summed E-state index contributed by atoms with van der Waals surface area (Å²) in [5, 5.41) is 12.9. The van der Waals surface area contributed by atoms with Gasteiger partial charge in [-0.05, 0) is 17.4 Å². The van der Waals surface area contributed by atoms with Crippen LogP contribution in [0, 0.1) is 11.8 Å². The molecule has 0 spiro atoms. The topological polar surface area (TPSA) is 94.1 Å². The van der Waals surface area contributed by atoms with E-state index in [2.05, 4.69) is 5.32 Å². The molecule has 3 unspecified atom stereocenters. The van der Waals surface area contributed by atoms with Gasteiger partial charge in [0, 0.05) is 6.92 Å². The quantitative estimate of drug-likeness (QED) is 0.786. The van der Waals surface area contributed by atoms with Crippen LogP contribution in [-0.2, 0) is 25.6 Å². The number of rotatable bonds is 5. The summed E-state index contributed by atoms with van der Waals surface area (Å²) in [5.41, 5.74) is 0.876. The Hall–Kier alpha value is -2.12. The number of hydrogen-bond acceptors (Lipinski definition) is 6. The van der Waals surface area contributed by atoms with E-state index in [1.54, 1.807) is 0 Å². The summed E-state index contributed by atoms with van der Waals surface area (Å²) in [5.74, 6) is -0.515. The third kappa shape index (κ3) is 5.44. The molecule has 0 bridgehead atoms. The number of carbonyl (C=O) groups is 2. The van der Waals surface area contributed by atoms with Crippen molar-refractivity contribution in [3.05, 3.63) is 35.9 Å². The normalized spacial score (nSPS) is 28.9. The molecule has 0 aromatic heterocycles. The minimum atomic E-state index is -1.20. The second kappa shape index (κ2) is 8.82. The first-order valence-corrected chi connectivity index (χ1v) is 8.32. The lowest BCUT2D eigenvalue weighted by molar-refractivity contribution is -0.222. The lowest BCUT2D eigenvalue weighted by Crippen LogP contribution is -2.57. The van der Waals surface area contributed by atoms with Crippen molar-refractivity contribution < 1.29 is 28.9 Å². The molecule has 1 aromatic rings. The van der Waals surface area contributed by atoms with Crippen LogP contribution in [-0.4, -0.2) is 42.2 Å². The number of alkyl carbamates (subject to hydrolysis) is 1. The van der Waals surface area contributed by atoms with Gasteiger partial charge in [0.05, 0.1) is 12.1 Å². The summed E-state index contributed by atoms with van der Waals surface area (Å²) in [4.78, 5) is 23.0. The van der Waals surface area contributed by atoms with Gasteiger partial charge in [-0.15, -0.1) is 0 Å². The lowest BCUT2D eigenvalue weighted by atomic mass is 9.82. The van der Waals surface area contributed by atoms with E-state index in [9.17, 15) is 14.7 Å². The Morgan fingerprint density at radius 1 is 1.16 bits per heavy atom. The van der Waals surface area contributed by atoms with Gasteiger partial charge in [0.25, 0.3) is 0 Å². The summed E-state index contributed by atoms with van der Waals surface area (Å²) in [6.07, 6.45) is -2.24. The maximum atomic E-state index is 12.0. The summed E-state index contributed by atoms with van der Waals surface area (Å²) >= 11 is 0. The van der Waals surface area contributed by atoms with Crippen LogP contribution in [0.2, 0.25) is 0 Å². The van der Waals surface area contributed by atoms with Crippen molar-refractivity contribution in [2.45, 2.75) is 45.8 Å². The highest BCUT2D eigenvalue weighted by molar-refractivity contribution is 5.67. The maximum Gasteiger partial charge on any atom is 0.407 e. The first kappa shape index (κ1) is 19.2. The van der Waals surface area contributed by atoms with Crippen LogP contribution in [0.1, 0.15) is 26.3 Å². The zero-order valence-electron chi connectivity index (χ0n) is 14.7. The van der Waals surface area contributed by atoms with Crippen molar-refractivity contribution in [2.75, 3.05) is 6.61 Å². The van der Waals surface area contributed by atoms with Gasteiger partial charge in [-0.1, -0.05) is 44.2 Å². The fraction of sp³-hybridized carbons (Fsp3) is 0.556. The SMILES string of the molecule is CC(=O)OCC1OC(O)C(NC(=O)OCc2ccccc2)[C@@H](C)[C@@H]1C. The lowest BCUT2D eigenvalue weighted by Gasteiger charge is -2.42. The molecular weight excluding hydrogens is 326 g/mol. The van der Waals surface area contributed by atoms with Gasteiger partial charge < -0.3 is 24.6 Å². The van der Waals surface area contributed by atoms with Crippen molar-refractivity contribution in [3.63, 3.8) is 0 Å². The third-order valence-corrected chi connectivity index (χ3v) is 4.55. The van der Waals surface area contributed by atoms with Gasteiger partial charge in [-0.3, -0.25) is 4.79 Å². The molecule has 0 saturated carbocycles. The molecule has 0 aliphatic carbocycles. The van der Waals surface area contributed by atoms with Crippen molar-refractivity contribution in [1.29, 1.82) is 0 Å². The van der Waals surface area contributed by atoms with Gasteiger partial charge in [0.15, 0.2) is 6.29 Å². The fourth-order valence-corrected chi connectivity index (χ4v) is 2.81. The standard InChI is InChI=1S/C18H25NO6/c1-11-12(2)16(17(21)25-15(11)10-23-13(3)20)19-18(22)24-9-14-7-5-4-6-8-14/h4-8,11-12,15-17,21H,9-10H2,1-3H3,(H,19,22)/t11-,12-,15?,16?,17?/m0/s1. The predicted molar refractivity (Wildman–Crippen MR) is 89.4 cm³/mol. The van der Waals surface area contributed by atoms with Crippen molar-refractivity contribution in [2.24, 2.45) is 11.8 Å². The Balaban J connectivity index is 1.86. The number of amides is 1. The molecule has 25 heavy (non-hydrogen) atoms. The van der Waals surface area contributed by atoms with Crippen LogP contribution < -0.4 is 5.32 Å². The van der Waals surface area contributed by atoms with E-state index in [1.807, 2.05) is 44.2 Å². The van der Waals surface area contributed by atoms with E-state index in [0.29, 0.717) is 0 Å². The van der Waals surface area contributed by atoms with Crippen molar-refractivity contribution in [3.8, 4) is 0 Å². The highest BCUT2D eigenvalue weighted by Gasteiger charge is 2.42. The molecule has 7 nitrogen and oxygen atoms in total. The molecule has 138 valence electrons. The maximum absolute atomic E-state index is 12.0. The molecule has 1 saturated heterocycles. The molecule has 0 radical (unpaired) electrons. The smallest absolute Gasteiger partial charge is 0.407 e. The Morgan fingerprint density at radius 3 is 2.48 bits per heavy atom. The molecule has 2 N–H and O–H groups in total. The molecule has 1 heterocycles. The third-order valence-electron chi connectivity index (χ3n) is 4.55. The Labute approximate surface area is 147 Å². The summed E-state index contributed by atoms with van der Waals surface area (Å²) in [6, 6.07) is 8.72. The molecule has 1 aliphatic heterocycles. The number of aliphatic hydroxyl groups excluding tert-OH is 1. The molecule has 7 heteroatoms. The predicted octanol–water partition coefficient (Wildman–Crippen LogP) is 1.83. The van der Waals surface area contributed by atoms with Crippen molar-refractivity contribution in [1.82, 2.24) is 5.32 Å². The fourth-order valence-electron chi connectivity index (χ4n) is 2.81. The summed E-state index contributed by atoms with van der Waals surface area (Å²) in [6.45, 7) is 5.37. The Kier molecular flexibility index (Phi) is 6.78. The van der Waals surface area contributed by atoms with Gasteiger partial charge in [0.1, 0.15) is 13.2 Å². The zero-order valence-corrected chi connectivity index (χ0v) is 14.7. The van der Waals surface area contributed by atoms with Crippen LogP contribution in [0.4, 0.5) is 4.79 Å². The van der Waals surface area contributed by atoms with E-state index in [-0.39, 0.29) is 25.0 Å². The van der Waals surface area contributed by atoms with E-state index in [4.69, 9.17) is 14.2 Å². The van der Waals surface area contributed by atoms with Gasteiger partial charge in [-0.2, -0.15) is 0 Å². The Morgan fingerprint density at radius 2 is 1.84 bits per heavy atom. The van der Waals surface area contributed by atoms with E-state index >= 15 is 0 Å². The summed E-state index contributed by atoms with van der Waals surface area (Å²) < 4.78 is 15.7. The average molecular weight is 351 g/mol. The van der Waals surface area contributed by atoms with Crippen LogP contribution in [0.5, 0.6) is 0 Å². The second-order valence-corrected chi connectivity index (χ2v) is 6.32. The number of aliphatic hydroxyl groups is 1. The van der Waals surface area contributed by atoms with Crippen LogP contribution in [0.25, 0.3) is 0 Å². The molecule has 1 aromatic carbocycles. The van der Waals surface area contributed by atoms with Gasteiger partial charge in [-0.25, -0.2) is 4.79 Å². The second-order valence-electron chi connectivity index (χ2n) is 6.32. The monoisotopic (exact) mass is 351 g/mol. The van der Waals surface area contributed by atoms with Gasteiger partial charge in [0.2, 0.25) is 0 Å². The molecule has 5 atom stereocenters. The average Bonchev–Trinajstić information content (AvgIpc) is 2.59. The van der Waals surface area contributed by atoms with Crippen LogP contribution >= 0.6 is 0 Å². The van der Waals surface area contributed by atoms with E-state index in [1.165, 1.54) is 6.92 Å². The first-order chi connectivity index (χ1) is 11.9. The molecule has 1 amide bonds. The van der Waals surface area contributed by atoms with Gasteiger partial charge >= 0.3 is 12.1 Å². The van der Waals surface area contributed by atoms with Crippen molar-refractivity contribution >= 4 is 12.1 Å². The highest BCUT2D eigenvalue weighted by Crippen LogP contribution is 2.30. The van der Waals surface area contributed by atoms with Crippen LogP contribution in [0.15, 0.2) is 30.3 Å². The number of hydrogen-bond donors (Lipinski definition) is 2. The number of carbonyl (C=O) groups excluding carboxylic acids is 2. The minimum Gasteiger partial charge on any atom is -0.463 e. The zero-order chi connectivity index (χ0) is 18.4.